The Bertz CT molecular complexity index is 1150. The third-order valence-corrected chi connectivity index (χ3v) is 5.70. The van der Waals surface area contributed by atoms with Crippen molar-refractivity contribution in [1.82, 2.24) is 29.0 Å². The van der Waals surface area contributed by atoms with Crippen LogP contribution in [0.3, 0.4) is 0 Å². The SMILES string of the molecule is COC[C@H]1CN(Cc2ccn3ncc(-n4ccc(=O)[nH]c4=O)c3c2)CCN1CC(C)C. The van der Waals surface area contributed by atoms with Gasteiger partial charge in [-0.15, -0.1) is 0 Å². The molecule has 0 spiro atoms. The lowest BCUT2D eigenvalue weighted by Gasteiger charge is -2.42. The molecule has 1 atom stereocenters. The molecule has 166 valence electrons. The zero-order valence-electron chi connectivity index (χ0n) is 18.3. The number of rotatable bonds is 7. The van der Waals surface area contributed by atoms with Crippen LogP contribution in [-0.2, 0) is 11.3 Å². The van der Waals surface area contributed by atoms with Crippen molar-refractivity contribution in [2.45, 2.75) is 26.4 Å². The molecule has 9 nitrogen and oxygen atoms in total. The highest BCUT2D eigenvalue weighted by Gasteiger charge is 2.27. The van der Waals surface area contributed by atoms with Crippen LogP contribution in [0.25, 0.3) is 11.2 Å². The molecule has 9 heteroatoms. The van der Waals surface area contributed by atoms with E-state index < -0.39 is 11.2 Å². The Hall–Kier alpha value is -2.75. The first-order valence-electron chi connectivity index (χ1n) is 10.7. The van der Waals surface area contributed by atoms with Gasteiger partial charge in [-0.3, -0.25) is 24.1 Å². The number of nitrogens with one attached hydrogen (secondary N) is 1. The average Bonchev–Trinajstić information content (AvgIpc) is 3.13. The second kappa shape index (κ2) is 9.17. The Morgan fingerprint density at radius 2 is 2.06 bits per heavy atom. The second-order valence-corrected chi connectivity index (χ2v) is 8.61. The molecule has 4 rings (SSSR count). The van der Waals surface area contributed by atoms with Gasteiger partial charge < -0.3 is 4.74 Å². The van der Waals surface area contributed by atoms with Crippen molar-refractivity contribution in [1.29, 1.82) is 0 Å². The number of nitrogens with zero attached hydrogens (tertiary/aromatic N) is 5. The molecule has 0 saturated carbocycles. The molecule has 0 bridgehead atoms. The fraction of sp³-hybridized carbons (Fsp3) is 0.500. The van der Waals surface area contributed by atoms with Crippen LogP contribution >= 0.6 is 0 Å². The lowest BCUT2D eigenvalue weighted by atomic mass is 10.1. The Morgan fingerprint density at radius 3 is 2.81 bits per heavy atom. The minimum absolute atomic E-state index is 0.384. The molecule has 0 radical (unpaired) electrons. The Labute approximate surface area is 180 Å². The van der Waals surface area contributed by atoms with Gasteiger partial charge in [0.05, 0.1) is 24.0 Å². The normalized spacial score (nSPS) is 18.3. The molecule has 1 N–H and O–H groups in total. The van der Waals surface area contributed by atoms with Crippen molar-refractivity contribution in [3.05, 3.63) is 63.2 Å². The maximum Gasteiger partial charge on any atom is 0.333 e. The summed E-state index contributed by atoms with van der Waals surface area (Å²) in [5.74, 6) is 0.630. The molecule has 1 aliphatic heterocycles. The fourth-order valence-electron chi connectivity index (χ4n) is 4.32. The number of fused-ring (bicyclic) bond motifs is 1. The largest absolute Gasteiger partial charge is 0.383 e. The maximum absolute atomic E-state index is 12.2. The fourth-order valence-corrected chi connectivity index (χ4v) is 4.32. The van der Waals surface area contributed by atoms with Gasteiger partial charge in [0.25, 0.3) is 5.56 Å². The van der Waals surface area contributed by atoms with E-state index in [0.29, 0.717) is 17.6 Å². The number of piperazine rings is 1. The highest BCUT2D eigenvalue weighted by atomic mass is 16.5. The molecular formula is C22H30N6O3. The summed E-state index contributed by atoms with van der Waals surface area (Å²) >= 11 is 0. The molecule has 4 heterocycles. The van der Waals surface area contributed by atoms with Gasteiger partial charge in [-0.1, -0.05) is 13.8 Å². The molecule has 31 heavy (non-hydrogen) atoms. The van der Waals surface area contributed by atoms with Crippen molar-refractivity contribution < 1.29 is 4.74 Å². The van der Waals surface area contributed by atoms with Crippen LogP contribution < -0.4 is 11.2 Å². The molecule has 1 fully saturated rings. The summed E-state index contributed by atoms with van der Waals surface area (Å²) in [5.41, 5.74) is 1.72. The smallest absolute Gasteiger partial charge is 0.333 e. The molecule has 0 aromatic carbocycles. The van der Waals surface area contributed by atoms with Gasteiger partial charge >= 0.3 is 5.69 Å². The van der Waals surface area contributed by atoms with Crippen LogP contribution in [0.2, 0.25) is 0 Å². The topological polar surface area (TPSA) is 87.9 Å². The number of methoxy groups -OCH3 is 1. The zero-order valence-corrected chi connectivity index (χ0v) is 18.3. The van der Waals surface area contributed by atoms with E-state index in [1.54, 1.807) is 17.8 Å². The summed E-state index contributed by atoms with van der Waals surface area (Å²) in [7, 11) is 1.76. The van der Waals surface area contributed by atoms with Gasteiger partial charge in [-0.25, -0.2) is 9.31 Å². The predicted octanol–water partition coefficient (Wildman–Crippen LogP) is 0.962. The van der Waals surface area contributed by atoms with E-state index in [1.165, 1.54) is 16.8 Å². The molecule has 0 aliphatic carbocycles. The lowest BCUT2D eigenvalue weighted by Crippen LogP contribution is -2.55. The molecular weight excluding hydrogens is 396 g/mol. The van der Waals surface area contributed by atoms with Crippen LogP contribution in [-0.4, -0.2) is 74.9 Å². The van der Waals surface area contributed by atoms with Crippen molar-refractivity contribution in [3.8, 4) is 5.69 Å². The van der Waals surface area contributed by atoms with Crippen LogP contribution in [0.1, 0.15) is 19.4 Å². The molecule has 0 amide bonds. The van der Waals surface area contributed by atoms with Crippen LogP contribution in [0.15, 0.2) is 46.4 Å². The standard InChI is InChI=1S/C22H30N6O3/c1-16(2)12-26-9-8-25(14-18(26)15-31-3)13-17-4-7-28-19(10-17)20(11-23-28)27-6-5-21(29)24-22(27)30/h4-7,10-11,16,18H,8-9,12-15H2,1-3H3,(H,24,29,30)/t18-/m1/s1. The third kappa shape index (κ3) is 4.79. The van der Waals surface area contributed by atoms with Crippen LogP contribution in [0.4, 0.5) is 0 Å². The Kier molecular flexibility index (Phi) is 6.35. The Balaban J connectivity index is 1.55. The first-order valence-corrected chi connectivity index (χ1v) is 10.7. The highest BCUT2D eigenvalue weighted by molar-refractivity contribution is 5.64. The summed E-state index contributed by atoms with van der Waals surface area (Å²) in [4.78, 5) is 30.9. The van der Waals surface area contributed by atoms with Gasteiger partial charge in [0, 0.05) is 64.3 Å². The van der Waals surface area contributed by atoms with Gasteiger partial charge in [-0.05, 0) is 23.6 Å². The number of aromatic amines is 1. The predicted molar refractivity (Wildman–Crippen MR) is 119 cm³/mol. The first-order chi connectivity index (χ1) is 14.9. The van der Waals surface area contributed by atoms with Crippen LogP contribution in [0, 0.1) is 5.92 Å². The summed E-state index contributed by atoms with van der Waals surface area (Å²) in [6.45, 7) is 10.1. The molecule has 3 aromatic rings. The minimum Gasteiger partial charge on any atom is -0.383 e. The van der Waals surface area contributed by atoms with Gasteiger partial charge in [0.15, 0.2) is 0 Å². The van der Waals surface area contributed by atoms with E-state index in [4.69, 9.17) is 4.74 Å². The van der Waals surface area contributed by atoms with Crippen LogP contribution in [0.5, 0.6) is 0 Å². The second-order valence-electron chi connectivity index (χ2n) is 8.61. The van der Waals surface area contributed by atoms with E-state index in [9.17, 15) is 9.59 Å². The Morgan fingerprint density at radius 1 is 1.23 bits per heavy atom. The summed E-state index contributed by atoms with van der Waals surface area (Å²) in [6.07, 6.45) is 5.03. The number of hydrogen-bond donors (Lipinski definition) is 1. The first kappa shape index (κ1) is 21.5. The number of pyridine rings is 1. The van der Waals surface area contributed by atoms with Crippen molar-refractivity contribution in [2.24, 2.45) is 5.92 Å². The van der Waals surface area contributed by atoms with Gasteiger partial charge in [-0.2, -0.15) is 5.10 Å². The van der Waals surface area contributed by atoms with E-state index in [0.717, 1.165) is 50.4 Å². The number of hydrogen-bond acceptors (Lipinski definition) is 6. The monoisotopic (exact) mass is 426 g/mol. The third-order valence-electron chi connectivity index (χ3n) is 5.70. The van der Waals surface area contributed by atoms with Gasteiger partial charge in [0.2, 0.25) is 0 Å². The molecule has 1 saturated heterocycles. The number of aromatic nitrogens is 4. The summed E-state index contributed by atoms with van der Waals surface area (Å²) in [5, 5.41) is 4.35. The van der Waals surface area contributed by atoms with Gasteiger partial charge in [0.1, 0.15) is 0 Å². The molecule has 0 unspecified atom stereocenters. The minimum atomic E-state index is -0.475. The molecule has 3 aromatic heterocycles. The van der Waals surface area contributed by atoms with E-state index >= 15 is 0 Å². The number of ether oxygens (including phenoxy) is 1. The van der Waals surface area contributed by atoms with E-state index in [-0.39, 0.29) is 0 Å². The molecule has 1 aliphatic rings. The summed E-state index contributed by atoms with van der Waals surface area (Å²) < 4.78 is 8.64. The van der Waals surface area contributed by atoms with Crippen molar-refractivity contribution >= 4 is 5.52 Å². The lowest BCUT2D eigenvalue weighted by molar-refractivity contribution is 0.0165. The van der Waals surface area contributed by atoms with E-state index in [2.05, 4.69) is 45.9 Å². The summed E-state index contributed by atoms with van der Waals surface area (Å²) in [6, 6.07) is 5.84. The van der Waals surface area contributed by atoms with Crippen molar-refractivity contribution in [3.63, 3.8) is 0 Å². The highest BCUT2D eigenvalue weighted by Crippen LogP contribution is 2.19. The van der Waals surface area contributed by atoms with Crippen molar-refractivity contribution in [2.75, 3.05) is 39.9 Å². The number of H-pyrrole nitrogens is 1. The van der Waals surface area contributed by atoms with E-state index in [1.807, 2.05) is 6.20 Å². The quantitative estimate of drug-likeness (QED) is 0.606. The maximum atomic E-state index is 12.2. The average molecular weight is 427 g/mol. The zero-order chi connectivity index (χ0) is 22.0.